The monoisotopic (exact) mass is 374 g/mol. The normalized spacial score (nSPS) is 15.1. The van der Waals surface area contributed by atoms with Gasteiger partial charge in [-0.05, 0) is 43.0 Å². The van der Waals surface area contributed by atoms with Crippen molar-refractivity contribution >= 4 is 15.9 Å². The first kappa shape index (κ1) is 18.4. The third kappa shape index (κ3) is 4.05. The van der Waals surface area contributed by atoms with Crippen molar-refractivity contribution < 1.29 is 18.3 Å². The van der Waals surface area contributed by atoms with Crippen LogP contribution in [0, 0.1) is 0 Å². The molecule has 0 radical (unpaired) electrons. The number of sulfonamides is 1. The summed E-state index contributed by atoms with van der Waals surface area (Å²) in [6, 6.07) is 13.6. The first-order valence-corrected chi connectivity index (χ1v) is 10.1. The fourth-order valence-corrected chi connectivity index (χ4v) is 4.54. The predicted octanol–water partition coefficient (Wildman–Crippen LogP) is 2.15. The maximum Gasteiger partial charge on any atom is 0.255 e. The lowest BCUT2D eigenvalue weighted by Crippen LogP contribution is -2.29. The van der Waals surface area contributed by atoms with Crippen LogP contribution >= 0.6 is 0 Å². The molecule has 0 bridgehead atoms. The molecule has 1 heterocycles. The van der Waals surface area contributed by atoms with E-state index in [4.69, 9.17) is 0 Å². The van der Waals surface area contributed by atoms with E-state index in [1.165, 1.54) is 22.5 Å². The number of aromatic hydroxyl groups is 1. The van der Waals surface area contributed by atoms with E-state index in [1.807, 2.05) is 30.3 Å². The molecule has 6 nitrogen and oxygen atoms in total. The number of phenols is 1. The third-order valence-electron chi connectivity index (χ3n) is 4.46. The van der Waals surface area contributed by atoms with Gasteiger partial charge in [0, 0.05) is 19.6 Å². The Morgan fingerprint density at radius 1 is 1.08 bits per heavy atom. The van der Waals surface area contributed by atoms with E-state index in [1.54, 1.807) is 0 Å². The maximum absolute atomic E-state index is 12.6. The molecular weight excluding hydrogens is 352 g/mol. The van der Waals surface area contributed by atoms with Gasteiger partial charge >= 0.3 is 0 Å². The van der Waals surface area contributed by atoms with Crippen LogP contribution in [0.4, 0.5) is 0 Å². The van der Waals surface area contributed by atoms with Crippen molar-refractivity contribution in [2.75, 3.05) is 19.6 Å². The number of nitrogens with zero attached hydrogens (tertiary/aromatic N) is 1. The highest BCUT2D eigenvalue weighted by atomic mass is 32.2. The summed E-state index contributed by atoms with van der Waals surface area (Å²) in [5.74, 6) is -0.723. The minimum absolute atomic E-state index is 0.0293. The van der Waals surface area contributed by atoms with Crippen LogP contribution in [0.5, 0.6) is 5.75 Å². The Bertz CT molecular complexity index is 876. The third-order valence-corrected chi connectivity index (χ3v) is 6.35. The second kappa shape index (κ2) is 7.88. The highest BCUT2D eigenvalue weighted by molar-refractivity contribution is 7.89. The number of carbonyl (C=O) groups is 1. The molecule has 0 aromatic heterocycles. The van der Waals surface area contributed by atoms with Gasteiger partial charge in [-0.3, -0.25) is 4.79 Å². The number of nitrogens with one attached hydrogen (secondary N) is 1. The molecule has 1 saturated heterocycles. The summed E-state index contributed by atoms with van der Waals surface area (Å²) in [7, 11) is -3.63. The van der Waals surface area contributed by atoms with E-state index in [2.05, 4.69) is 5.32 Å². The van der Waals surface area contributed by atoms with Crippen LogP contribution in [-0.4, -0.2) is 43.4 Å². The van der Waals surface area contributed by atoms with Crippen molar-refractivity contribution in [1.82, 2.24) is 9.62 Å². The van der Waals surface area contributed by atoms with Gasteiger partial charge < -0.3 is 10.4 Å². The molecule has 1 aliphatic rings. The van der Waals surface area contributed by atoms with Crippen molar-refractivity contribution in [1.29, 1.82) is 0 Å². The average Bonchev–Trinajstić information content (AvgIpc) is 3.18. The maximum atomic E-state index is 12.6. The van der Waals surface area contributed by atoms with Gasteiger partial charge in [-0.1, -0.05) is 30.3 Å². The minimum atomic E-state index is -3.63. The number of hydrogen-bond donors (Lipinski definition) is 2. The second-order valence-electron chi connectivity index (χ2n) is 6.28. The van der Waals surface area contributed by atoms with E-state index in [-0.39, 0.29) is 16.2 Å². The van der Waals surface area contributed by atoms with Crippen LogP contribution in [0.25, 0.3) is 0 Å². The molecule has 2 aromatic carbocycles. The Morgan fingerprint density at radius 2 is 1.77 bits per heavy atom. The molecule has 0 atom stereocenters. The summed E-state index contributed by atoms with van der Waals surface area (Å²) >= 11 is 0. The summed E-state index contributed by atoms with van der Waals surface area (Å²) < 4.78 is 26.7. The van der Waals surface area contributed by atoms with Crippen molar-refractivity contribution in [2.45, 2.75) is 24.2 Å². The molecule has 7 heteroatoms. The van der Waals surface area contributed by atoms with Crippen LogP contribution in [-0.2, 0) is 16.4 Å². The number of hydrogen-bond acceptors (Lipinski definition) is 4. The number of benzene rings is 2. The van der Waals surface area contributed by atoms with Gasteiger partial charge in [0.15, 0.2) is 0 Å². The highest BCUT2D eigenvalue weighted by Crippen LogP contribution is 2.25. The van der Waals surface area contributed by atoms with E-state index in [0.29, 0.717) is 26.1 Å². The average molecular weight is 374 g/mol. The fourth-order valence-electron chi connectivity index (χ4n) is 3.00. The summed E-state index contributed by atoms with van der Waals surface area (Å²) in [6.45, 7) is 1.37. The van der Waals surface area contributed by atoms with Gasteiger partial charge in [0.05, 0.1) is 10.5 Å². The second-order valence-corrected chi connectivity index (χ2v) is 8.22. The molecule has 1 fully saturated rings. The first-order chi connectivity index (χ1) is 12.5. The smallest absolute Gasteiger partial charge is 0.255 e. The first-order valence-electron chi connectivity index (χ1n) is 8.64. The predicted molar refractivity (Wildman–Crippen MR) is 98.6 cm³/mol. The van der Waals surface area contributed by atoms with Crippen LogP contribution in [0.2, 0.25) is 0 Å². The molecule has 0 saturated carbocycles. The van der Waals surface area contributed by atoms with E-state index in [9.17, 15) is 18.3 Å². The van der Waals surface area contributed by atoms with Gasteiger partial charge in [-0.2, -0.15) is 4.31 Å². The lowest BCUT2D eigenvalue weighted by molar-refractivity contribution is 0.0951. The molecule has 2 N–H and O–H groups in total. The highest BCUT2D eigenvalue weighted by Gasteiger charge is 2.28. The largest absolute Gasteiger partial charge is 0.507 e. The lowest BCUT2D eigenvalue weighted by Gasteiger charge is -2.16. The van der Waals surface area contributed by atoms with Gasteiger partial charge in [0.25, 0.3) is 5.91 Å². The van der Waals surface area contributed by atoms with E-state index < -0.39 is 15.9 Å². The van der Waals surface area contributed by atoms with Crippen molar-refractivity contribution in [3.8, 4) is 5.75 Å². The summed E-state index contributed by atoms with van der Waals surface area (Å²) in [4.78, 5) is 12.4. The number of phenolic OH excluding ortho intramolecular Hbond substituents is 1. The molecule has 1 aliphatic heterocycles. The molecule has 26 heavy (non-hydrogen) atoms. The van der Waals surface area contributed by atoms with Crippen LogP contribution < -0.4 is 5.32 Å². The molecule has 0 spiro atoms. The van der Waals surface area contributed by atoms with Crippen LogP contribution in [0.3, 0.4) is 0 Å². The standard InChI is InChI=1S/C19H22N2O4S/c22-18-9-8-16(26(24,25)21-12-4-5-13-21)14-17(18)19(23)20-11-10-15-6-2-1-3-7-15/h1-3,6-9,14,22H,4-5,10-13H2,(H,20,23). The molecule has 1 amide bonds. The Morgan fingerprint density at radius 3 is 2.46 bits per heavy atom. The molecular formula is C19H22N2O4S. The van der Waals surface area contributed by atoms with Gasteiger partial charge in [0.2, 0.25) is 10.0 Å². The Hall–Kier alpha value is -2.38. The van der Waals surface area contributed by atoms with Gasteiger partial charge in [-0.15, -0.1) is 0 Å². The summed E-state index contributed by atoms with van der Waals surface area (Å²) in [6.07, 6.45) is 2.33. The van der Waals surface area contributed by atoms with Crippen molar-refractivity contribution in [2.24, 2.45) is 0 Å². The zero-order valence-corrected chi connectivity index (χ0v) is 15.2. The van der Waals surface area contributed by atoms with Crippen LogP contribution in [0.15, 0.2) is 53.4 Å². The Balaban J connectivity index is 1.71. The summed E-state index contributed by atoms with van der Waals surface area (Å²) in [5.41, 5.74) is 1.06. The van der Waals surface area contributed by atoms with Gasteiger partial charge in [0.1, 0.15) is 5.75 Å². The number of rotatable bonds is 6. The molecule has 138 valence electrons. The molecule has 0 unspecified atom stereocenters. The molecule has 0 aliphatic carbocycles. The number of amides is 1. The minimum Gasteiger partial charge on any atom is -0.507 e. The van der Waals surface area contributed by atoms with Crippen molar-refractivity contribution in [3.63, 3.8) is 0 Å². The molecule has 3 rings (SSSR count). The number of carbonyl (C=O) groups excluding carboxylic acids is 1. The van der Waals surface area contributed by atoms with Crippen LogP contribution in [0.1, 0.15) is 28.8 Å². The zero-order valence-electron chi connectivity index (χ0n) is 14.4. The Labute approximate surface area is 153 Å². The molecule has 2 aromatic rings. The topological polar surface area (TPSA) is 86.7 Å². The zero-order chi connectivity index (χ0) is 18.6. The summed E-state index contributed by atoms with van der Waals surface area (Å²) in [5, 5.41) is 12.7. The SMILES string of the molecule is O=C(NCCc1ccccc1)c1cc(S(=O)(=O)N2CCCC2)ccc1O. The van der Waals surface area contributed by atoms with E-state index >= 15 is 0 Å². The fraction of sp³-hybridized carbons (Fsp3) is 0.316. The quantitative estimate of drug-likeness (QED) is 0.811. The Kier molecular flexibility index (Phi) is 5.58. The van der Waals surface area contributed by atoms with E-state index in [0.717, 1.165) is 18.4 Å². The van der Waals surface area contributed by atoms with Gasteiger partial charge in [-0.25, -0.2) is 8.42 Å². The lowest BCUT2D eigenvalue weighted by atomic mass is 10.1. The van der Waals surface area contributed by atoms with Crippen molar-refractivity contribution in [3.05, 3.63) is 59.7 Å².